The van der Waals surface area contributed by atoms with Crippen LogP contribution >= 0.6 is 0 Å². The molecule has 0 amide bonds. The van der Waals surface area contributed by atoms with Crippen LogP contribution in [-0.4, -0.2) is 27.2 Å². The van der Waals surface area contributed by atoms with Crippen molar-refractivity contribution < 1.29 is 9.90 Å². The number of hydrogen-bond acceptors (Lipinski definition) is 3. The van der Waals surface area contributed by atoms with E-state index in [1.807, 2.05) is 10.8 Å². The molecule has 1 unspecified atom stereocenters. The SMILES string of the molecule is O=C(O)CCC1CNc2nccn2C1. The Labute approximate surface area is 81.8 Å². The van der Waals surface area contributed by atoms with Crippen molar-refractivity contribution in [1.29, 1.82) is 0 Å². The Morgan fingerprint density at radius 1 is 1.79 bits per heavy atom. The highest BCUT2D eigenvalue weighted by Crippen LogP contribution is 2.18. The molecule has 1 aromatic rings. The number of nitrogens with zero attached hydrogens (tertiary/aromatic N) is 2. The van der Waals surface area contributed by atoms with E-state index in [4.69, 9.17) is 5.11 Å². The molecule has 1 aliphatic rings. The minimum Gasteiger partial charge on any atom is -0.481 e. The summed E-state index contributed by atoms with van der Waals surface area (Å²) in [4.78, 5) is 14.5. The number of carbonyl (C=O) groups is 1. The van der Waals surface area contributed by atoms with Crippen molar-refractivity contribution in [3.8, 4) is 0 Å². The number of fused-ring (bicyclic) bond motifs is 1. The summed E-state index contributed by atoms with van der Waals surface area (Å²) >= 11 is 0. The Balaban J connectivity index is 1.91. The summed E-state index contributed by atoms with van der Waals surface area (Å²) in [5, 5.41) is 11.7. The summed E-state index contributed by atoms with van der Waals surface area (Å²) in [6.07, 6.45) is 4.63. The lowest BCUT2D eigenvalue weighted by molar-refractivity contribution is -0.137. The molecule has 5 nitrogen and oxygen atoms in total. The maximum atomic E-state index is 10.4. The third-order valence-electron chi connectivity index (χ3n) is 2.49. The summed E-state index contributed by atoms with van der Waals surface area (Å²) in [6, 6.07) is 0. The van der Waals surface area contributed by atoms with Gasteiger partial charge >= 0.3 is 5.97 Å². The van der Waals surface area contributed by atoms with E-state index in [1.54, 1.807) is 6.20 Å². The number of rotatable bonds is 3. The van der Waals surface area contributed by atoms with Crippen molar-refractivity contribution >= 4 is 11.9 Å². The van der Waals surface area contributed by atoms with Crippen LogP contribution in [0.1, 0.15) is 12.8 Å². The second-order valence-electron chi connectivity index (χ2n) is 3.58. The van der Waals surface area contributed by atoms with Crippen molar-refractivity contribution in [2.45, 2.75) is 19.4 Å². The van der Waals surface area contributed by atoms with Crippen LogP contribution < -0.4 is 5.32 Å². The fourth-order valence-corrected chi connectivity index (χ4v) is 1.72. The monoisotopic (exact) mass is 195 g/mol. The van der Waals surface area contributed by atoms with Gasteiger partial charge in [0.1, 0.15) is 0 Å². The van der Waals surface area contributed by atoms with Gasteiger partial charge in [-0.05, 0) is 12.3 Å². The first kappa shape index (κ1) is 9.05. The molecule has 5 heteroatoms. The Kier molecular flexibility index (Phi) is 2.39. The molecule has 0 spiro atoms. The number of aromatic nitrogens is 2. The largest absolute Gasteiger partial charge is 0.481 e. The second kappa shape index (κ2) is 3.69. The average Bonchev–Trinajstić information content (AvgIpc) is 2.61. The van der Waals surface area contributed by atoms with Gasteiger partial charge in [0.15, 0.2) is 0 Å². The third kappa shape index (κ3) is 1.86. The maximum absolute atomic E-state index is 10.4. The van der Waals surface area contributed by atoms with Crippen molar-refractivity contribution in [2.75, 3.05) is 11.9 Å². The molecule has 14 heavy (non-hydrogen) atoms. The zero-order valence-corrected chi connectivity index (χ0v) is 7.81. The molecule has 0 bridgehead atoms. The van der Waals surface area contributed by atoms with Gasteiger partial charge in [0.05, 0.1) is 0 Å². The maximum Gasteiger partial charge on any atom is 0.303 e. The fourth-order valence-electron chi connectivity index (χ4n) is 1.72. The van der Waals surface area contributed by atoms with Crippen LogP contribution in [0, 0.1) is 5.92 Å². The Morgan fingerprint density at radius 2 is 2.64 bits per heavy atom. The molecule has 2 heterocycles. The molecule has 0 aliphatic carbocycles. The number of aliphatic carboxylic acids is 1. The highest BCUT2D eigenvalue weighted by Gasteiger charge is 2.18. The van der Waals surface area contributed by atoms with Gasteiger partial charge in [-0.2, -0.15) is 0 Å². The zero-order chi connectivity index (χ0) is 9.97. The van der Waals surface area contributed by atoms with Gasteiger partial charge in [0.2, 0.25) is 5.95 Å². The smallest absolute Gasteiger partial charge is 0.303 e. The Hall–Kier alpha value is -1.52. The van der Waals surface area contributed by atoms with E-state index >= 15 is 0 Å². The van der Waals surface area contributed by atoms with E-state index in [-0.39, 0.29) is 6.42 Å². The molecule has 2 N–H and O–H groups in total. The van der Waals surface area contributed by atoms with Crippen LogP contribution in [0.15, 0.2) is 12.4 Å². The van der Waals surface area contributed by atoms with Gasteiger partial charge in [-0.15, -0.1) is 0 Å². The Morgan fingerprint density at radius 3 is 3.43 bits per heavy atom. The summed E-state index contributed by atoms with van der Waals surface area (Å²) in [6.45, 7) is 1.69. The lowest BCUT2D eigenvalue weighted by Crippen LogP contribution is -2.27. The lowest BCUT2D eigenvalue weighted by Gasteiger charge is -2.24. The first-order valence-corrected chi connectivity index (χ1v) is 4.72. The number of anilines is 1. The van der Waals surface area contributed by atoms with Crippen molar-refractivity contribution in [3.05, 3.63) is 12.4 Å². The number of carboxylic acids is 1. The van der Waals surface area contributed by atoms with Gasteiger partial charge < -0.3 is 15.0 Å². The van der Waals surface area contributed by atoms with Crippen LogP contribution in [0.3, 0.4) is 0 Å². The normalized spacial score (nSPS) is 19.9. The molecule has 76 valence electrons. The number of imidazole rings is 1. The van der Waals surface area contributed by atoms with E-state index in [1.165, 1.54) is 0 Å². The van der Waals surface area contributed by atoms with Crippen LogP contribution in [0.25, 0.3) is 0 Å². The second-order valence-corrected chi connectivity index (χ2v) is 3.58. The van der Waals surface area contributed by atoms with Gasteiger partial charge in [0, 0.05) is 31.9 Å². The Bertz CT molecular complexity index is 335. The van der Waals surface area contributed by atoms with E-state index in [2.05, 4.69) is 10.3 Å². The molecule has 1 aromatic heterocycles. The van der Waals surface area contributed by atoms with Crippen LogP contribution in [-0.2, 0) is 11.3 Å². The van der Waals surface area contributed by atoms with E-state index in [0.717, 1.165) is 25.5 Å². The molecule has 1 aliphatic heterocycles. The standard InChI is InChI=1S/C9H13N3O2/c13-8(14)2-1-7-5-11-9-10-3-4-12(9)6-7/h3-4,7H,1-2,5-6H2,(H,10,11)(H,13,14). The topological polar surface area (TPSA) is 67.2 Å². The van der Waals surface area contributed by atoms with E-state index < -0.39 is 5.97 Å². The summed E-state index contributed by atoms with van der Waals surface area (Å²) in [5.74, 6) is 0.561. The molecule has 0 saturated carbocycles. The predicted octanol–water partition coefficient (Wildman–Crippen LogP) is 0.790. The number of carboxylic acid groups (broad SMARTS) is 1. The quantitative estimate of drug-likeness (QED) is 0.748. The molecule has 1 atom stereocenters. The minimum atomic E-state index is -0.721. The molecular weight excluding hydrogens is 182 g/mol. The average molecular weight is 195 g/mol. The van der Waals surface area contributed by atoms with Crippen LogP contribution in [0.2, 0.25) is 0 Å². The van der Waals surface area contributed by atoms with E-state index in [0.29, 0.717) is 5.92 Å². The molecule has 0 radical (unpaired) electrons. The van der Waals surface area contributed by atoms with Crippen LogP contribution in [0.4, 0.5) is 5.95 Å². The summed E-state index contributed by atoms with van der Waals surface area (Å²) in [7, 11) is 0. The lowest BCUT2D eigenvalue weighted by atomic mass is 10.0. The highest BCUT2D eigenvalue weighted by atomic mass is 16.4. The first-order valence-electron chi connectivity index (χ1n) is 4.72. The van der Waals surface area contributed by atoms with Gasteiger partial charge in [0.25, 0.3) is 0 Å². The molecule has 0 fully saturated rings. The van der Waals surface area contributed by atoms with Gasteiger partial charge in [-0.1, -0.05) is 0 Å². The van der Waals surface area contributed by atoms with Crippen molar-refractivity contribution in [2.24, 2.45) is 5.92 Å². The van der Waals surface area contributed by atoms with Crippen molar-refractivity contribution in [1.82, 2.24) is 9.55 Å². The van der Waals surface area contributed by atoms with Crippen molar-refractivity contribution in [3.63, 3.8) is 0 Å². The third-order valence-corrected chi connectivity index (χ3v) is 2.49. The molecule has 0 aromatic carbocycles. The molecular formula is C9H13N3O2. The number of nitrogens with one attached hydrogen (secondary N) is 1. The molecule has 2 rings (SSSR count). The van der Waals surface area contributed by atoms with Crippen LogP contribution in [0.5, 0.6) is 0 Å². The fraction of sp³-hybridized carbons (Fsp3) is 0.556. The number of hydrogen-bond donors (Lipinski definition) is 2. The van der Waals surface area contributed by atoms with E-state index in [9.17, 15) is 4.79 Å². The summed E-state index contributed by atoms with van der Waals surface area (Å²) in [5.41, 5.74) is 0. The predicted molar refractivity (Wildman–Crippen MR) is 51.1 cm³/mol. The first-order chi connectivity index (χ1) is 6.75. The zero-order valence-electron chi connectivity index (χ0n) is 7.81. The van der Waals surface area contributed by atoms with Gasteiger partial charge in [-0.3, -0.25) is 4.79 Å². The van der Waals surface area contributed by atoms with Gasteiger partial charge in [-0.25, -0.2) is 4.98 Å². The highest BCUT2D eigenvalue weighted by molar-refractivity contribution is 5.66. The summed E-state index contributed by atoms with van der Waals surface area (Å²) < 4.78 is 2.02. The molecule has 0 saturated heterocycles. The minimum absolute atomic E-state index is 0.246.